The van der Waals surface area contributed by atoms with Crippen LogP contribution in [0.4, 0.5) is 27.6 Å². The Hall–Kier alpha value is -5.05. The lowest BCUT2D eigenvalue weighted by molar-refractivity contribution is 0.173. The van der Waals surface area contributed by atoms with Crippen molar-refractivity contribution in [1.82, 2.24) is 5.32 Å². The number of methoxy groups -OCH3 is 4. The standard InChI is InChI=1S/C11H13FN2O2.C8H8BrFO2.C8H9FO2.C7H4BrFO2.C6H4BrFO2/c12-8-5-10-11(16-7-15-10)6-9(8)14-3-1-13-2-4-14;1-11-7-3-5(9)6(10)4-8(7)12-2;1-10-7-4-3-6(9)5-8(7)11-2;8-4-1-6-7(2-5(4)9)11-3-10-6;7-3-1-5(9)6(10)2-4(3)8/h5-6,13H,1-4,7H2;3-4H,1-2H3;3-5H,1-2H3;1-2H,3H2;1-2,9-10H. The molecular weight excluding hydrogens is 1000 g/mol. The van der Waals surface area contributed by atoms with Gasteiger partial charge in [0.15, 0.2) is 57.5 Å². The second-order valence-corrected chi connectivity index (χ2v) is 14.5. The van der Waals surface area contributed by atoms with Gasteiger partial charge in [0.1, 0.15) is 29.1 Å². The quantitative estimate of drug-likeness (QED) is 0.115. The van der Waals surface area contributed by atoms with Gasteiger partial charge < -0.3 is 58.3 Å². The van der Waals surface area contributed by atoms with Crippen LogP contribution in [0.3, 0.4) is 0 Å². The van der Waals surface area contributed by atoms with Gasteiger partial charge in [-0.3, -0.25) is 0 Å². The van der Waals surface area contributed by atoms with Crippen molar-refractivity contribution in [2.45, 2.75) is 0 Å². The number of benzene rings is 5. The number of halogens is 8. The molecule has 0 spiro atoms. The Morgan fingerprint density at radius 2 is 0.950 bits per heavy atom. The maximum absolute atomic E-state index is 13.8. The summed E-state index contributed by atoms with van der Waals surface area (Å²) in [6.45, 7) is 3.75. The van der Waals surface area contributed by atoms with Crippen LogP contribution in [0.2, 0.25) is 0 Å². The zero-order valence-electron chi connectivity index (χ0n) is 32.2. The fraction of sp³-hybridized carbons (Fsp3) is 0.250. The Kier molecular flexibility index (Phi) is 18.3. The first-order valence-electron chi connectivity index (χ1n) is 17.3. The van der Waals surface area contributed by atoms with E-state index in [1.54, 1.807) is 12.1 Å². The van der Waals surface area contributed by atoms with Crippen LogP contribution in [0.15, 0.2) is 80.1 Å². The zero-order valence-corrected chi connectivity index (χ0v) is 37.0. The molecule has 0 aliphatic carbocycles. The van der Waals surface area contributed by atoms with E-state index in [0.29, 0.717) is 60.6 Å². The van der Waals surface area contributed by atoms with Crippen molar-refractivity contribution < 1.29 is 70.1 Å². The average Bonchev–Trinajstić information content (AvgIpc) is 3.90. The first-order chi connectivity index (χ1) is 28.7. The van der Waals surface area contributed by atoms with E-state index in [1.807, 2.05) is 4.90 Å². The first kappa shape index (κ1) is 47.6. The van der Waals surface area contributed by atoms with Gasteiger partial charge in [-0.1, -0.05) is 0 Å². The second-order valence-electron chi connectivity index (χ2n) is 11.9. The first-order valence-corrected chi connectivity index (χ1v) is 19.7. The summed E-state index contributed by atoms with van der Waals surface area (Å²) in [6.07, 6.45) is 0. The molecule has 12 nitrogen and oxygen atoms in total. The van der Waals surface area contributed by atoms with Crippen molar-refractivity contribution >= 4 is 53.5 Å². The molecule has 0 atom stereocenters. The van der Waals surface area contributed by atoms with Gasteiger partial charge in [-0.15, -0.1) is 0 Å². The second kappa shape index (κ2) is 23.1. The predicted molar refractivity (Wildman–Crippen MR) is 222 cm³/mol. The van der Waals surface area contributed by atoms with E-state index in [4.69, 9.17) is 48.1 Å². The lowest BCUT2D eigenvalue weighted by Gasteiger charge is -2.29. The summed E-state index contributed by atoms with van der Waals surface area (Å²) in [4.78, 5) is 2.02. The molecule has 1 saturated heterocycles. The molecule has 0 unspecified atom stereocenters. The van der Waals surface area contributed by atoms with Crippen LogP contribution in [0.25, 0.3) is 0 Å². The third kappa shape index (κ3) is 13.2. The molecule has 0 aromatic heterocycles. The summed E-state index contributed by atoms with van der Waals surface area (Å²) in [5.74, 6) is 1.33. The van der Waals surface area contributed by atoms with Gasteiger partial charge in [0.25, 0.3) is 0 Å². The van der Waals surface area contributed by atoms with Gasteiger partial charge in [-0.25, -0.2) is 22.0 Å². The summed E-state index contributed by atoms with van der Waals surface area (Å²) in [5, 5.41) is 20.7. The molecule has 0 saturated carbocycles. The maximum atomic E-state index is 13.8. The summed E-state index contributed by atoms with van der Waals surface area (Å²) in [7, 11) is 5.94. The highest BCUT2D eigenvalue weighted by molar-refractivity contribution is 9.11. The molecule has 8 rings (SSSR count). The minimum atomic E-state index is -0.602. The molecule has 0 bridgehead atoms. The monoisotopic (exact) mass is 1040 g/mol. The number of anilines is 1. The van der Waals surface area contributed by atoms with Gasteiger partial charge in [0.2, 0.25) is 13.6 Å². The van der Waals surface area contributed by atoms with E-state index >= 15 is 0 Å². The number of hydrogen-bond acceptors (Lipinski definition) is 12. The lowest BCUT2D eigenvalue weighted by atomic mass is 10.2. The molecule has 3 heterocycles. The van der Waals surface area contributed by atoms with Crippen molar-refractivity contribution in [1.29, 1.82) is 0 Å². The average molecular weight is 1040 g/mol. The van der Waals surface area contributed by atoms with E-state index < -0.39 is 11.6 Å². The molecule has 324 valence electrons. The van der Waals surface area contributed by atoms with E-state index in [-0.39, 0.29) is 47.1 Å². The molecule has 0 amide bonds. The number of ether oxygens (including phenoxy) is 8. The summed E-state index contributed by atoms with van der Waals surface area (Å²) in [5.41, 5.74) is 0.603. The van der Waals surface area contributed by atoms with Gasteiger partial charge in [-0.05, 0) is 59.9 Å². The molecule has 0 radical (unpaired) electrons. The fourth-order valence-corrected chi connectivity index (χ4v) is 6.09. The maximum Gasteiger partial charge on any atom is 0.231 e. The Labute approximate surface area is 367 Å². The van der Waals surface area contributed by atoms with Crippen LogP contribution in [0, 0.1) is 29.1 Å². The smallest absolute Gasteiger partial charge is 0.231 e. The highest BCUT2D eigenvalue weighted by atomic mass is 79.9. The van der Waals surface area contributed by atoms with Crippen LogP contribution < -0.4 is 48.1 Å². The van der Waals surface area contributed by atoms with Crippen molar-refractivity contribution in [3.8, 4) is 57.5 Å². The molecule has 20 heteroatoms. The van der Waals surface area contributed by atoms with Crippen molar-refractivity contribution in [3.05, 3.63) is 109 Å². The number of hydrogen-bond donors (Lipinski definition) is 3. The van der Waals surface area contributed by atoms with E-state index in [1.165, 1.54) is 70.9 Å². The number of nitrogens with one attached hydrogen (secondary N) is 1. The van der Waals surface area contributed by atoms with Gasteiger partial charge in [0, 0.05) is 80.8 Å². The Morgan fingerprint density at radius 3 is 1.52 bits per heavy atom. The number of fused-ring (bicyclic) bond motifs is 2. The summed E-state index contributed by atoms with van der Waals surface area (Å²) < 4.78 is 105. The molecule has 3 aliphatic heterocycles. The lowest BCUT2D eigenvalue weighted by Crippen LogP contribution is -2.43. The largest absolute Gasteiger partial charge is 0.504 e. The minimum absolute atomic E-state index is 0.128. The fourth-order valence-electron chi connectivity index (χ4n) is 5.11. The Balaban J connectivity index is 0.000000167. The number of nitrogens with zero attached hydrogens (tertiary/aromatic N) is 1. The van der Waals surface area contributed by atoms with Gasteiger partial charge in [-0.2, -0.15) is 0 Å². The topological polar surface area (TPSA) is 130 Å². The van der Waals surface area contributed by atoms with Crippen molar-refractivity contribution in [2.24, 2.45) is 0 Å². The SMILES string of the molecule is COc1cc(F)c(Br)cc1OC.COc1ccc(F)cc1OC.Fc1cc2c(cc1Br)OCO2.Fc1cc2c(cc1N1CCNCC1)OCO2.Oc1cc(F)c(Br)cc1O. The van der Waals surface area contributed by atoms with Crippen LogP contribution in [0.1, 0.15) is 0 Å². The van der Waals surface area contributed by atoms with Crippen molar-refractivity contribution in [2.75, 3.05) is 73.1 Å². The molecule has 1 fully saturated rings. The molecule has 5 aromatic rings. The third-order valence-corrected chi connectivity index (χ3v) is 9.93. The summed E-state index contributed by atoms with van der Waals surface area (Å²) >= 11 is 8.91. The number of piperazine rings is 1. The molecule has 60 heavy (non-hydrogen) atoms. The number of aromatic hydroxyl groups is 2. The number of phenols is 2. The minimum Gasteiger partial charge on any atom is -0.504 e. The van der Waals surface area contributed by atoms with E-state index in [0.717, 1.165) is 38.3 Å². The molecule has 3 aliphatic rings. The molecular formula is C40H38Br3F5N2O10. The van der Waals surface area contributed by atoms with Crippen LogP contribution >= 0.6 is 47.8 Å². The molecule has 3 N–H and O–H groups in total. The number of rotatable bonds is 5. The Bertz CT molecular complexity index is 2110. The zero-order chi connectivity index (χ0) is 43.9. The highest BCUT2D eigenvalue weighted by Gasteiger charge is 2.22. The summed E-state index contributed by atoms with van der Waals surface area (Å²) in [6, 6.07) is 14.8. The van der Waals surface area contributed by atoms with Gasteiger partial charge in [0.05, 0.1) is 47.5 Å². The normalized spacial score (nSPS) is 12.8. The van der Waals surface area contributed by atoms with Crippen molar-refractivity contribution in [3.63, 3.8) is 0 Å². The van der Waals surface area contributed by atoms with Crippen LogP contribution in [-0.2, 0) is 0 Å². The predicted octanol–water partition coefficient (Wildman–Crippen LogP) is 9.73. The van der Waals surface area contributed by atoms with Crippen LogP contribution in [-0.4, -0.2) is 78.4 Å². The van der Waals surface area contributed by atoms with E-state index in [2.05, 4.69) is 53.1 Å². The van der Waals surface area contributed by atoms with E-state index in [9.17, 15) is 22.0 Å². The van der Waals surface area contributed by atoms with Gasteiger partial charge >= 0.3 is 0 Å². The third-order valence-electron chi connectivity index (χ3n) is 8.10. The Morgan fingerprint density at radius 1 is 0.517 bits per heavy atom. The number of phenolic OH excluding ortho intramolecular Hbond substituents is 2. The van der Waals surface area contributed by atoms with Crippen LogP contribution in [0.5, 0.6) is 57.5 Å². The highest BCUT2D eigenvalue weighted by Crippen LogP contribution is 2.38. The molecule has 5 aromatic carbocycles.